The predicted octanol–water partition coefficient (Wildman–Crippen LogP) is 2.53. The molecular weight excluding hydrogens is 244 g/mol. The third-order valence-corrected chi connectivity index (χ3v) is 2.89. The Bertz CT molecular complexity index is 281. The fourth-order valence-electron chi connectivity index (χ4n) is 1.69. The standard InChI is InChI=1S/C10H15BrN2O/c11-10-5-4-9(14-10)8-12-13-6-2-1-3-7-13/h4-5,12H,1-3,6-8H2. The molecule has 2 rings (SSSR count). The van der Waals surface area contributed by atoms with Gasteiger partial charge in [0.25, 0.3) is 0 Å². The second kappa shape index (κ2) is 4.96. The highest BCUT2D eigenvalue weighted by atomic mass is 79.9. The minimum Gasteiger partial charge on any atom is -0.453 e. The van der Waals surface area contributed by atoms with Crippen molar-refractivity contribution in [2.75, 3.05) is 13.1 Å². The van der Waals surface area contributed by atoms with Crippen LogP contribution in [0.2, 0.25) is 0 Å². The largest absolute Gasteiger partial charge is 0.453 e. The van der Waals surface area contributed by atoms with Gasteiger partial charge in [0.15, 0.2) is 4.67 Å². The molecule has 3 nitrogen and oxygen atoms in total. The molecule has 78 valence electrons. The minimum atomic E-state index is 0.783. The van der Waals surface area contributed by atoms with E-state index in [1.165, 1.54) is 19.3 Å². The second-order valence-corrected chi connectivity index (χ2v) is 4.37. The minimum absolute atomic E-state index is 0.783. The highest BCUT2D eigenvalue weighted by Crippen LogP contribution is 2.14. The van der Waals surface area contributed by atoms with Crippen molar-refractivity contribution in [1.82, 2.24) is 10.4 Å². The molecule has 1 aliphatic rings. The van der Waals surface area contributed by atoms with Gasteiger partial charge in [0.05, 0.1) is 6.54 Å². The van der Waals surface area contributed by atoms with E-state index in [0.717, 1.165) is 30.1 Å². The lowest BCUT2D eigenvalue weighted by atomic mass is 10.2. The summed E-state index contributed by atoms with van der Waals surface area (Å²) in [6, 6.07) is 3.91. The Morgan fingerprint density at radius 2 is 2.07 bits per heavy atom. The van der Waals surface area contributed by atoms with Gasteiger partial charge < -0.3 is 4.42 Å². The molecule has 4 heteroatoms. The number of piperidine rings is 1. The number of nitrogens with one attached hydrogen (secondary N) is 1. The molecule has 2 heterocycles. The molecule has 0 spiro atoms. The molecule has 14 heavy (non-hydrogen) atoms. The average molecular weight is 259 g/mol. The Labute approximate surface area is 92.6 Å². The van der Waals surface area contributed by atoms with Gasteiger partial charge in [-0.3, -0.25) is 0 Å². The van der Waals surface area contributed by atoms with Crippen molar-refractivity contribution in [3.05, 3.63) is 22.6 Å². The summed E-state index contributed by atoms with van der Waals surface area (Å²) >= 11 is 3.29. The highest BCUT2D eigenvalue weighted by molar-refractivity contribution is 9.10. The van der Waals surface area contributed by atoms with Gasteiger partial charge in [-0.25, -0.2) is 10.4 Å². The molecule has 0 bridgehead atoms. The lowest BCUT2D eigenvalue weighted by molar-refractivity contribution is 0.146. The van der Waals surface area contributed by atoms with Crippen molar-refractivity contribution in [3.8, 4) is 0 Å². The van der Waals surface area contributed by atoms with E-state index in [0.29, 0.717) is 0 Å². The molecule has 0 atom stereocenters. The summed E-state index contributed by atoms with van der Waals surface area (Å²) in [5, 5.41) is 2.28. The van der Waals surface area contributed by atoms with Gasteiger partial charge in [-0.15, -0.1) is 0 Å². The van der Waals surface area contributed by atoms with Crippen molar-refractivity contribution < 1.29 is 4.42 Å². The Morgan fingerprint density at radius 1 is 1.29 bits per heavy atom. The summed E-state index contributed by atoms with van der Waals surface area (Å²) in [6.07, 6.45) is 3.97. The number of hydrazine groups is 1. The van der Waals surface area contributed by atoms with Crippen LogP contribution in [0.25, 0.3) is 0 Å². The number of rotatable bonds is 3. The van der Waals surface area contributed by atoms with Gasteiger partial charge in [0, 0.05) is 13.1 Å². The normalized spacial score (nSPS) is 18.6. The summed E-state index contributed by atoms with van der Waals surface area (Å²) in [6.45, 7) is 3.09. The number of hydrogen-bond donors (Lipinski definition) is 1. The Balaban J connectivity index is 1.76. The predicted molar refractivity (Wildman–Crippen MR) is 58.7 cm³/mol. The monoisotopic (exact) mass is 258 g/mol. The average Bonchev–Trinajstić information content (AvgIpc) is 2.63. The van der Waals surface area contributed by atoms with Crippen molar-refractivity contribution in [3.63, 3.8) is 0 Å². The molecular formula is C10H15BrN2O. The zero-order valence-corrected chi connectivity index (χ0v) is 9.72. The molecule has 1 fully saturated rings. The summed E-state index contributed by atoms with van der Waals surface area (Å²) in [4.78, 5) is 0. The zero-order chi connectivity index (χ0) is 9.80. The van der Waals surface area contributed by atoms with E-state index in [2.05, 4.69) is 26.4 Å². The van der Waals surface area contributed by atoms with E-state index in [1.54, 1.807) is 0 Å². The number of halogens is 1. The van der Waals surface area contributed by atoms with Gasteiger partial charge in [-0.2, -0.15) is 0 Å². The molecule has 0 unspecified atom stereocenters. The Hall–Kier alpha value is -0.320. The molecule has 1 aromatic rings. The molecule has 0 radical (unpaired) electrons. The summed E-state index contributed by atoms with van der Waals surface area (Å²) in [5.74, 6) is 0.974. The smallest absolute Gasteiger partial charge is 0.169 e. The van der Waals surface area contributed by atoms with Crippen molar-refractivity contribution in [2.45, 2.75) is 25.8 Å². The van der Waals surface area contributed by atoms with E-state index >= 15 is 0 Å². The Kier molecular flexibility index (Phi) is 3.61. The second-order valence-electron chi connectivity index (χ2n) is 3.59. The van der Waals surface area contributed by atoms with Crippen LogP contribution in [0.5, 0.6) is 0 Å². The first-order valence-corrected chi connectivity index (χ1v) is 5.86. The zero-order valence-electron chi connectivity index (χ0n) is 8.13. The van der Waals surface area contributed by atoms with Crippen LogP contribution in [0.1, 0.15) is 25.0 Å². The fourth-order valence-corrected chi connectivity index (χ4v) is 2.03. The van der Waals surface area contributed by atoms with Gasteiger partial charge in [0.2, 0.25) is 0 Å². The number of hydrogen-bond acceptors (Lipinski definition) is 3. The van der Waals surface area contributed by atoms with Gasteiger partial charge in [0.1, 0.15) is 5.76 Å². The number of furan rings is 1. The molecule has 1 saturated heterocycles. The molecule has 0 amide bonds. The van der Waals surface area contributed by atoms with Gasteiger partial charge >= 0.3 is 0 Å². The van der Waals surface area contributed by atoms with E-state index in [4.69, 9.17) is 4.42 Å². The fraction of sp³-hybridized carbons (Fsp3) is 0.600. The summed E-state index contributed by atoms with van der Waals surface area (Å²) in [7, 11) is 0. The first kappa shape index (κ1) is 10.2. The summed E-state index contributed by atoms with van der Waals surface area (Å²) in [5.41, 5.74) is 3.37. The van der Waals surface area contributed by atoms with Crippen LogP contribution in [0, 0.1) is 0 Å². The maximum atomic E-state index is 5.40. The van der Waals surface area contributed by atoms with Crippen molar-refractivity contribution >= 4 is 15.9 Å². The number of nitrogens with zero attached hydrogens (tertiary/aromatic N) is 1. The molecule has 0 aromatic carbocycles. The lowest BCUT2D eigenvalue weighted by Gasteiger charge is -2.26. The third-order valence-electron chi connectivity index (χ3n) is 2.46. The van der Waals surface area contributed by atoms with E-state index in [-0.39, 0.29) is 0 Å². The van der Waals surface area contributed by atoms with Crippen LogP contribution in [0.3, 0.4) is 0 Å². The topological polar surface area (TPSA) is 28.4 Å². The SMILES string of the molecule is Brc1ccc(CNN2CCCCC2)o1. The van der Waals surface area contributed by atoms with Crippen LogP contribution in [-0.4, -0.2) is 18.1 Å². The van der Waals surface area contributed by atoms with Gasteiger partial charge in [-0.1, -0.05) is 6.42 Å². The lowest BCUT2D eigenvalue weighted by Crippen LogP contribution is -2.41. The first-order valence-electron chi connectivity index (χ1n) is 5.07. The van der Waals surface area contributed by atoms with Crippen LogP contribution >= 0.6 is 15.9 Å². The maximum Gasteiger partial charge on any atom is 0.169 e. The highest BCUT2D eigenvalue weighted by Gasteiger charge is 2.09. The van der Waals surface area contributed by atoms with Crippen LogP contribution in [0.4, 0.5) is 0 Å². The molecule has 0 saturated carbocycles. The van der Waals surface area contributed by atoms with Crippen molar-refractivity contribution in [1.29, 1.82) is 0 Å². The summed E-state index contributed by atoms with van der Waals surface area (Å²) < 4.78 is 6.20. The molecule has 1 N–H and O–H groups in total. The van der Waals surface area contributed by atoms with Crippen LogP contribution in [0.15, 0.2) is 21.2 Å². The quantitative estimate of drug-likeness (QED) is 0.904. The van der Waals surface area contributed by atoms with E-state index in [9.17, 15) is 0 Å². The molecule has 1 aliphatic heterocycles. The Morgan fingerprint density at radius 3 is 2.71 bits per heavy atom. The first-order chi connectivity index (χ1) is 6.84. The van der Waals surface area contributed by atoms with E-state index in [1.807, 2.05) is 12.1 Å². The van der Waals surface area contributed by atoms with E-state index < -0.39 is 0 Å². The van der Waals surface area contributed by atoms with Gasteiger partial charge in [-0.05, 0) is 40.9 Å². The van der Waals surface area contributed by atoms with Crippen LogP contribution < -0.4 is 5.43 Å². The maximum absolute atomic E-state index is 5.40. The van der Waals surface area contributed by atoms with Crippen LogP contribution in [-0.2, 0) is 6.54 Å². The third kappa shape index (κ3) is 2.83. The molecule has 0 aliphatic carbocycles. The van der Waals surface area contributed by atoms with Crippen molar-refractivity contribution in [2.24, 2.45) is 0 Å². The molecule has 1 aromatic heterocycles.